The number of anilines is 1. The van der Waals surface area contributed by atoms with Gasteiger partial charge in [-0.25, -0.2) is 9.78 Å². The Hall–Kier alpha value is -1.95. The van der Waals surface area contributed by atoms with Gasteiger partial charge in [0, 0.05) is 0 Å². The second-order valence-corrected chi connectivity index (χ2v) is 3.78. The van der Waals surface area contributed by atoms with Gasteiger partial charge in [-0.3, -0.25) is 5.32 Å². The molecule has 6 heteroatoms. The quantitative estimate of drug-likeness (QED) is 0.875. The van der Waals surface area contributed by atoms with Crippen LogP contribution in [0.3, 0.4) is 0 Å². The molecule has 0 radical (unpaired) electrons. The summed E-state index contributed by atoms with van der Waals surface area (Å²) in [4.78, 5) is 14.9. The third-order valence-corrected chi connectivity index (χ3v) is 2.34. The molecule has 0 atom stereocenters. The van der Waals surface area contributed by atoms with Gasteiger partial charge in [0.15, 0.2) is 10.3 Å². The molecule has 0 unspecified atom stereocenters. The molecule has 0 spiro atoms. The lowest BCUT2D eigenvalue weighted by molar-refractivity contribution is 0.215. The van der Waals surface area contributed by atoms with Crippen LogP contribution in [0.25, 0.3) is 0 Å². The number of rotatable bonds is 2. The normalized spacial score (nSPS) is 9.81. The van der Waals surface area contributed by atoms with Crippen LogP contribution in [0.5, 0.6) is 5.75 Å². The lowest BCUT2D eigenvalue weighted by atomic mass is 10.3. The van der Waals surface area contributed by atoms with Crippen molar-refractivity contribution in [2.75, 3.05) is 5.32 Å². The maximum Gasteiger partial charge on any atom is 0.418 e. The number of amides is 1. The minimum absolute atomic E-state index is 0.165. The van der Waals surface area contributed by atoms with E-state index in [4.69, 9.17) is 4.74 Å². The summed E-state index contributed by atoms with van der Waals surface area (Å²) in [5.74, 6) is 0.414. The fourth-order valence-corrected chi connectivity index (χ4v) is 1.55. The van der Waals surface area contributed by atoms with Gasteiger partial charge in [-0.1, -0.05) is 29.5 Å². The third kappa shape index (κ3) is 2.77. The Bertz CT molecular complexity index is 487. The van der Waals surface area contributed by atoms with Crippen LogP contribution in [0.2, 0.25) is 0 Å². The molecule has 1 amide bonds. The van der Waals surface area contributed by atoms with Gasteiger partial charge in [0.2, 0.25) is 0 Å². The van der Waals surface area contributed by atoms with Crippen LogP contribution < -0.4 is 10.1 Å². The number of aromatic nitrogens is 1. The van der Waals surface area contributed by atoms with Crippen LogP contribution in [0, 0.1) is 5.13 Å². The van der Waals surface area contributed by atoms with E-state index < -0.39 is 11.2 Å². The number of para-hydroxylation sites is 1. The largest absolute Gasteiger partial charge is 0.418 e. The summed E-state index contributed by atoms with van der Waals surface area (Å²) < 4.78 is 17.5. The van der Waals surface area contributed by atoms with E-state index in [1.807, 2.05) is 0 Å². The molecule has 2 aromatic rings. The molecule has 0 bridgehead atoms. The molecule has 1 aromatic carbocycles. The Morgan fingerprint density at radius 2 is 2.12 bits per heavy atom. The Labute approximate surface area is 94.7 Å². The van der Waals surface area contributed by atoms with Gasteiger partial charge in [0.05, 0.1) is 6.20 Å². The van der Waals surface area contributed by atoms with Crippen molar-refractivity contribution in [2.24, 2.45) is 0 Å². The summed E-state index contributed by atoms with van der Waals surface area (Å²) in [6.45, 7) is 0. The molecule has 1 aromatic heterocycles. The minimum atomic E-state index is -0.694. The Morgan fingerprint density at radius 1 is 1.38 bits per heavy atom. The van der Waals surface area contributed by atoms with Crippen molar-refractivity contribution < 1.29 is 13.9 Å². The third-order valence-electron chi connectivity index (χ3n) is 1.64. The van der Waals surface area contributed by atoms with Crippen LogP contribution >= 0.6 is 11.3 Å². The average molecular weight is 238 g/mol. The average Bonchev–Trinajstić information content (AvgIpc) is 2.65. The standard InChI is InChI=1S/C10H7FN2O2S/c11-8-6-12-9(16-8)13-10(14)15-7-4-2-1-3-5-7/h1-6H,(H,12,13,14). The number of nitrogens with zero attached hydrogens (tertiary/aromatic N) is 1. The number of hydrogen-bond donors (Lipinski definition) is 1. The zero-order valence-electron chi connectivity index (χ0n) is 8.01. The van der Waals surface area contributed by atoms with Gasteiger partial charge in [-0.2, -0.15) is 4.39 Å². The van der Waals surface area contributed by atoms with Gasteiger partial charge in [0.1, 0.15) is 5.75 Å². The molecule has 0 saturated carbocycles. The van der Waals surface area contributed by atoms with E-state index in [1.54, 1.807) is 30.3 Å². The fraction of sp³-hybridized carbons (Fsp3) is 0. The number of thiazole rings is 1. The minimum Gasteiger partial charge on any atom is -0.410 e. The molecular weight excluding hydrogens is 231 g/mol. The number of nitrogens with one attached hydrogen (secondary N) is 1. The summed E-state index contributed by atoms with van der Waals surface area (Å²) in [5, 5.41) is 2.02. The summed E-state index contributed by atoms with van der Waals surface area (Å²) in [6.07, 6.45) is 0.337. The second kappa shape index (κ2) is 4.71. The fourth-order valence-electron chi connectivity index (χ4n) is 1.02. The Balaban J connectivity index is 1.95. The van der Waals surface area contributed by atoms with E-state index in [9.17, 15) is 9.18 Å². The highest BCUT2D eigenvalue weighted by atomic mass is 32.1. The van der Waals surface area contributed by atoms with E-state index in [-0.39, 0.29) is 5.13 Å². The van der Waals surface area contributed by atoms with Crippen LogP contribution in [-0.4, -0.2) is 11.1 Å². The Morgan fingerprint density at radius 3 is 2.75 bits per heavy atom. The molecule has 0 fully saturated rings. The van der Waals surface area contributed by atoms with Crippen molar-refractivity contribution >= 4 is 22.6 Å². The molecule has 1 N–H and O–H groups in total. The Kier molecular flexibility index (Phi) is 3.11. The molecule has 0 aliphatic carbocycles. The van der Waals surface area contributed by atoms with E-state index >= 15 is 0 Å². The first-order chi connectivity index (χ1) is 7.74. The van der Waals surface area contributed by atoms with E-state index in [0.717, 1.165) is 17.5 Å². The zero-order chi connectivity index (χ0) is 11.4. The van der Waals surface area contributed by atoms with E-state index in [1.165, 1.54) is 0 Å². The molecule has 82 valence electrons. The van der Waals surface area contributed by atoms with Crippen LogP contribution in [-0.2, 0) is 0 Å². The lowest BCUT2D eigenvalue weighted by Gasteiger charge is -2.02. The topological polar surface area (TPSA) is 51.2 Å². The van der Waals surface area contributed by atoms with Crippen molar-refractivity contribution in [1.82, 2.24) is 4.98 Å². The molecule has 4 nitrogen and oxygen atoms in total. The molecule has 16 heavy (non-hydrogen) atoms. The van der Waals surface area contributed by atoms with Crippen molar-refractivity contribution in [3.63, 3.8) is 0 Å². The van der Waals surface area contributed by atoms with Gasteiger partial charge < -0.3 is 4.74 Å². The molecule has 0 aliphatic heterocycles. The summed E-state index contributed by atoms with van der Waals surface area (Å²) in [6, 6.07) is 8.57. The van der Waals surface area contributed by atoms with Gasteiger partial charge in [-0.05, 0) is 12.1 Å². The van der Waals surface area contributed by atoms with Crippen LogP contribution in [0.4, 0.5) is 14.3 Å². The molecular formula is C10H7FN2O2S. The monoisotopic (exact) mass is 238 g/mol. The molecule has 1 heterocycles. The predicted molar refractivity (Wildman–Crippen MR) is 58.2 cm³/mol. The van der Waals surface area contributed by atoms with Gasteiger partial charge in [-0.15, -0.1) is 0 Å². The summed E-state index contributed by atoms with van der Waals surface area (Å²) >= 11 is 0.737. The summed E-state index contributed by atoms with van der Waals surface area (Å²) in [5.41, 5.74) is 0. The predicted octanol–water partition coefficient (Wildman–Crippen LogP) is 2.89. The highest BCUT2D eigenvalue weighted by molar-refractivity contribution is 7.14. The highest BCUT2D eigenvalue weighted by Gasteiger charge is 2.07. The highest BCUT2D eigenvalue weighted by Crippen LogP contribution is 2.16. The SMILES string of the molecule is O=C(Nc1ncc(F)s1)Oc1ccccc1. The second-order valence-electron chi connectivity index (χ2n) is 2.80. The molecule has 2 rings (SSSR count). The molecule has 0 aliphatic rings. The number of hydrogen-bond acceptors (Lipinski definition) is 4. The van der Waals surface area contributed by atoms with Crippen molar-refractivity contribution in [3.8, 4) is 5.75 Å². The number of benzene rings is 1. The zero-order valence-corrected chi connectivity index (χ0v) is 8.83. The first-order valence-electron chi connectivity index (χ1n) is 4.39. The smallest absolute Gasteiger partial charge is 0.410 e. The number of carbonyl (C=O) groups is 1. The van der Waals surface area contributed by atoms with Crippen LogP contribution in [0.1, 0.15) is 0 Å². The first-order valence-corrected chi connectivity index (χ1v) is 5.21. The van der Waals surface area contributed by atoms with E-state index in [2.05, 4.69) is 10.3 Å². The number of carbonyl (C=O) groups excluding carboxylic acids is 1. The van der Waals surface area contributed by atoms with Gasteiger partial charge in [0.25, 0.3) is 0 Å². The number of halogens is 1. The summed E-state index contributed by atoms with van der Waals surface area (Å²) in [7, 11) is 0. The van der Waals surface area contributed by atoms with E-state index in [0.29, 0.717) is 5.75 Å². The van der Waals surface area contributed by atoms with Crippen LogP contribution in [0.15, 0.2) is 36.5 Å². The lowest BCUT2D eigenvalue weighted by Crippen LogP contribution is -2.16. The number of ether oxygens (including phenoxy) is 1. The maximum absolute atomic E-state index is 12.6. The first kappa shape index (κ1) is 10.6. The maximum atomic E-state index is 12.6. The van der Waals surface area contributed by atoms with Crippen molar-refractivity contribution in [3.05, 3.63) is 41.7 Å². The van der Waals surface area contributed by atoms with Crippen molar-refractivity contribution in [2.45, 2.75) is 0 Å². The van der Waals surface area contributed by atoms with Crippen molar-refractivity contribution in [1.29, 1.82) is 0 Å². The van der Waals surface area contributed by atoms with Gasteiger partial charge >= 0.3 is 6.09 Å². The molecule has 0 saturated heterocycles.